The van der Waals surface area contributed by atoms with E-state index in [2.05, 4.69) is 10.2 Å². The number of ether oxygens (including phenoxy) is 2. The Morgan fingerprint density at radius 1 is 1.11 bits per heavy atom. The van der Waals surface area contributed by atoms with Gasteiger partial charge in [0, 0.05) is 25.2 Å². The minimum Gasteiger partial charge on any atom is -0.454 e. The van der Waals surface area contributed by atoms with E-state index in [1.807, 2.05) is 36.4 Å². The summed E-state index contributed by atoms with van der Waals surface area (Å²) in [5.74, 6) is 1.52. The molecule has 3 heterocycles. The van der Waals surface area contributed by atoms with Gasteiger partial charge >= 0.3 is 0 Å². The lowest BCUT2D eigenvalue weighted by Gasteiger charge is -2.11. The van der Waals surface area contributed by atoms with Gasteiger partial charge in [-0.25, -0.2) is 4.98 Å². The van der Waals surface area contributed by atoms with Crippen molar-refractivity contribution in [3.05, 3.63) is 42.0 Å². The number of nitrogens with one attached hydrogen (secondary N) is 1. The van der Waals surface area contributed by atoms with Crippen LogP contribution in [0.3, 0.4) is 0 Å². The number of aryl methyl sites for hydroxylation is 1. The standard InChI is InChI=1S/C21H21N3O3S/c25-20(8-4-14-3-7-17-18(11-14)27-13-26-17)22-15-5-6-16-19(12-15)28-21(23-16)24-9-1-2-10-24/h3,5-7,11-12H,1-2,4,8-10,13H2,(H,22,25). The topological polar surface area (TPSA) is 63.7 Å². The van der Waals surface area contributed by atoms with Crippen LogP contribution in [0.4, 0.5) is 10.8 Å². The Kier molecular flexibility index (Phi) is 4.52. The molecule has 1 aromatic heterocycles. The van der Waals surface area contributed by atoms with Gasteiger partial charge in [-0.2, -0.15) is 0 Å². The van der Waals surface area contributed by atoms with E-state index in [0.29, 0.717) is 12.8 Å². The summed E-state index contributed by atoms with van der Waals surface area (Å²) < 4.78 is 11.8. The van der Waals surface area contributed by atoms with Gasteiger partial charge in [-0.3, -0.25) is 4.79 Å². The Balaban J connectivity index is 1.22. The van der Waals surface area contributed by atoms with Crippen molar-refractivity contribution < 1.29 is 14.3 Å². The summed E-state index contributed by atoms with van der Waals surface area (Å²) in [5.41, 5.74) is 2.87. The monoisotopic (exact) mass is 395 g/mol. The maximum atomic E-state index is 12.4. The Morgan fingerprint density at radius 3 is 2.86 bits per heavy atom. The summed E-state index contributed by atoms with van der Waals surface area (Å²) in [6.45, 7) is 2.44. The molecule has 144 valence electrons. The normalized spacial score (nSPS) is 15.4. The fraction of sp³-hybridized carbons (Fsp3) is 0.333. The van der Waals surface area contributed by atoms with Crippen molar-refractivity contribution in [1.29, 1.82) is 0 Å². The second kappa shape index (κ2) is 7.31. The lowest BCUT2D eigenvalue weighted by Crippen LogP contribution is -2.16. The highest BCUT2D eigenvalue weighted by Crippen LogP contribution is 2.33. The van der Waals surface area contributed by atoms with E-state index in [-0.39, 0.29) is 12.7 Å². The van der Waals surface area contributed by atoms with Gasteiger partial charge < -0.3 is 19.7 Å². The largest absolute Gasteiger partial charge is 0.454 e. The second-order valence-electron chi connectivity index (χ2n) is 7.11. The number of hydrogen-bond donors (Lipinski definition) is 1. The molecule has 2 aromatic carbocycles. The van der Waals surface area contributed by atoms with E-state index in [0.717, 1.165) is 51.2 Å². The first kappa shape index (κ1) is 17.3. The molecule has 1 fully saturated rings. The molecule has 0 unspecified atom stereocenters. The van der Waals surface area contributed by atoms with E-state index >= 15 is 0 Å². The lowest BCUT2D eigenvalue weighted by molar-refractivity contribution is -0.116. The van der Waals surface area contributed by atoms with Gasteiger partial charge in [0.1, 0.15) is 0 Å². The maximum Gasteiger partial charge on any atom is 0.231 e. The van der Waals surface area contributed by atoms with Crippen molar-refractivity contribution in [2.24, 2.45) is 0 Å². The predicted molar refractivity (Wildman–Crippen MR) is 111 cm³/mol. The molecule has 6 nitrogen and oxygen atoms in total. The van der Waals surface area contributed by atoms with Crippen molar-refractivity contribution in [2.75, 3.05) is 30.1 Å². The van der Waals surface area contributed by atoms with E-state index in [4.69, 9.17) is 14.5 Å². The molecule has 0 atom stereocenters. The molecule has 3 aromatic rings. The van der Waals surface area contributed by atoms with Gasteiger partial charge in [0.2, 0.25) is 12.7 Å². The van der Waals surface area contributed by atoms with Gasteiger partial charge in [0.25, 0.3) is 0 Å². The maximum absolute atomic E-state index is 12.4. The van der Waals surface area contributed by atoms with Crippen molar-refractivity contribution in [2.45, 2.75) is 25.7 Å². The summed E-state index contributed by atoms with van der Waals surface area (Å²) in [5, 5.41) is 4.09. The number of carbonyl (C=O) groups excluding carboxylic acids is 1. The predicted octanol–water partition coefficient (Wildman–Crippen LogP) is 4.20. The zero-order valence-corrected chi connectivity index (χ0v) is 16.3. The third-order valence-corrected chi connectivity index (χ3v) is 6.19. The molecule has 0 aliphatic carbocycles. The van der Waals surface area contributed by atoms with Crippen LogP contribution in [0, 0.1) is 0 Å². The molecule has 0 radical (unpaired) electrons. The number of carbonyl (C=O) groups is 1. The van der Waals surface area contributed by atoms with Crippen LogP contribution in [0.25, 0.3) is 10.2 Å². The molecule has 0 spiro atoms. The zero-order valence-electron chi connectivity index (χ0n) is 15.4. The second-order valence-corrected chi connectivity index (χ2v) is 8.12. The Morgan fingerprint density at radius 2 is 1.96 bits per heavy atom. The summed E-state index contributed by atoms with van der Waals surface area (Å²) in [6, 6.07) is 11.7. The third-order valence-electron chi connectivity index (χ3n) is 5.12. The van der Waals surface area contributed by atoms with Crippen LogP contribution in [0.1, 0.15) is 24.8 Å². The van der Waals surface area contributed by atoms with E-state index in [9.17, 15) is 4.79 Å². The number of aromatic nitrogens is 1. The van der Waals surface area contributed by atoms with Crippen molar-refractivity contribution in [3.63, 3.8) is 0 Å². The fourth-order valence-corrected chi connectivity index (χ4v) is 4.67. The molecule has 1 N–H and O–H groups in total. The number of fused-ring (bicyclic) bond motifs is 2. The molecule has 2 aliphatic rings. The number of amides is 1. The van der Waals surface area contributed by atoms with Gasteiger partial charge in [0.05, 0.1) is 10.2 Å². The highest BCUT2D eigenvalue weighted by atomic mass is 32.1. The highest BCUT2D eigenvalue weighted by molar-refractivity contribution is 7.22. The van der Waals surface area contributed by atoms with Crippen LogP contribution in [0.2, 0.25) is 0 Å². The van der Waals surface area contributed by atoms with Crippen LogP contribution < -0.4 is 19.7 Å². The molecule has 7 heteroatoms. The van der Waals surface area contributed by atoms with Crippen LogP contribution in [0.15, 0.2) is 36.4 Å². The SMILES string of the molecule is O=C(CCc1ccc2c(c1)OCO2)Nc1ccc2nc(N3CCCC3)sc2c1. The molecule has 1 amide bonds. The van der Waals surface area contributed by atoms with Crippen LogP contribution >= 0.6 is 11.3 Å². The Hall–Kier alpha value is -2.80. The number of anilines is 2. The van der Waals surface area contributed by atoms with E-state index in [1.54, 1.807) is 11.3 Å². The summed E-state index contributed by atoms with van der Waals surface area (Å²) in [6.07, 6.45) is 3.55. The molecule has 1 saturated heterocycles. The minimum atomic E-state index is 0.00120. The summed E-state index contributed by atoms with van der Waals surface area (Å²) in [4.78, 5) is 19.5. The minimum absolute atomic E-state index is 0.00120. The lowest BCUT2D eigenvalue weighted by atomic mass is 10.1. The fourth-order valence-electron chi connectivity index (χ4n) is 3.61. The molecular formula is C21H21N3O3S. The first-order chi connectivity index (χ1) is 13.7. The smallest absolute Gasteiger partial charge is 0.231 e. The summed E-state index contributed by atoms with van der Waals surface area (Å²) >= 11 is 1.70. The number of nitrogens with zero attached hydrogens (tertiary/aromatic N) is 2. The van der Waals surface area contributed by atoms with E-state index < -0.39 is 0 Å². The van der Waals surface area contributed by atoms with Gasteiger partial charge in [-0.1, -0.05) is 17.4 Å². The number of rotatable bonds is 5. The quantitative estimate of drug-likeness (QED) is 0.702. The number of thiazole rings is 1. The van der Waals surface area contributed by atoms with Gasteiger partial charge in [0.15, 0.2) is 16.6 Å². The molecule has 0 bridgehead atoms. The van der Waals surface area contributed by atoms with Gasteiger partial charge in [-0.15, -0.1) is 0 Å². The average molecular weight is 395 g/mol. The first-order valence-corrected chi connectivity index (χ1v) is 10.4. The Labute approximate surface area is 167 Å². The van der Waals surface area contributed by atoms with Crippen molar-refractivity contribution in [3.8, 4) is 11.5 Å². The molecule has 28 heavy (non-hydrogen) atoms. The average Bonchev–Trinajstić information content (AvgIpc) is 3.45. The zero-order chi connectivity index (χ0) is 18.9. The molecule has 0 saturated carbocycles. The molecule has 2 aliphatic heterocycles. The van der Waals surface area contributed by atoms with Crippen molar-refractivity contribution >= 4 is 38.3 Å². The van der Waals surface area contributed by atoms with E-state index in [1.165, 1.54) is 12.8 Å². The number of benzene rings is 2. The third kappa shape index (κ3) is 3.49. The van der Waals surface area contributed by atoms with Gasteiger partial charge in [-0.05, 0) is 55.2 Å². The molecule has 5 rings (SSSR count). The highest BCUT2D eigenvalue weighted by Gasteiger charge is 2.17. The van der Waals surface area contributed by atoms with Crippen LogP contribution in [-0.2, 0) is 11.2 Å². The van der Waals surface area contributed by atoms with Crippen molar-refractivity contribution in [1.82, 2.24) is 4.98 Å². The molecular weight excluding hydrogens is 374 g/mol. The van der Waals surface area contributed by atoms with Crippen LogP contribution in [-0.4, -0.2) is 30.8 Å². The number of hydrogen-bond acceptors (Lipinski definition) is 6. The summed E-state index contributed by atoms with van der Waals surface area (Å²) in [7, 11) is 0. The Bertz CT molecular complexity index is 1030. The van der Waals surface area contributed by atoms with Crippen LogP contribution in [0.5, 0.6) is 11.5 Å². The first-order valence-electron chi connectivity index (χ1n) is 9.58.